The second-order valence-corrected chi connectivity index (χ2v) is 8.96. The van der Waals surface area contributed by atoms with Crippen LogP contribution in [0.3, 0.4) is 0 Å². The minimum absolute atomic E-state index is 0.0146. The molecule has 1 aliphatic carbocycles. The number of likely N-dealkylation sites (tertiary alicyclic amines) is 1. The molecule has 1 heterocycles. The van der Waals surface area contributed by atoms with Gasteiger partial charge in [-0.15, -0.1) is 0 Å². The highest BCUT2D eigenvalue weighted by Crippen LogP contribution is 2.36. The highest BCUT2D eigenvalue weighted by atomic mass is 16.5. The first-order valence-electron chi connectivity index (χ1n) is 11.4. The van der Waals surface area contributed by atoms with Gasteiger partial charge in [-0.25, -0.2) is 0 Å². The Kier molecular flexibility index (Phi) is 7.96. The molecule has 1 N–H and O–H groups in total. The molecule has 0 radical (unpaired) electrons. The zero-order valence-electron chi connectivity index (χ0n) is 18.4. The summed E-state index contributed by atoms with van der Waals surface area (Å²) in [6.45, 7) is 11.1. The normalized spacial score (nSPS) is 26.2. The van der Waals surface area contributed by atoms with E-state index in [4.69, 9.17) is 9.47 Å². The molecule has 1 aromatic carbocycles. The third-order valence-corrected chi connectivity index (χ3v) is 6.58. The highest BCUT2D eigenvalue weighted by molar-refractivity contribution is 5.97. The number of piperidine rings is 1. The summed E-state index contributed by atoms with van der Waals surface area (Å²) < 4.78 is 11.9. The van der Waals surface area contributed by atoms with Gasteiger partial charge in [-0.3, -0.25) is 9.69 Å². The molecule has 0 spiro atoms. The number of carbonyl (C=O) groups is 1. The van der Waals surface area contributed by atoms with Crippen molar-refractivity contribution < 1.29 is 14.3 Å². The maximum absolute atomic E-state index is 13.0. The van der Waals surface area contributed by atoms with Gasteiger partial charge in [0.05, 0.1) is 0 Å². The van der Waals surface area contributed by atoms with Gasteiger partial charge in [-0.2, -0.15) is 0 Å². The number of nitrogens with zero attached hydrogens (tertiary/aromatic N) is 1. The van der Waals surface area contributed by atoms with E-state index >= 15 is 0 Å². The number of benzene rings is 1. The third kappa shape index (κ3) is 6.19. The molecule has 1 aromatic rings. The lowest BCUT2D eigenvalue weighted by molar-refractivity contribution is -0.146. The Balaban J connectivity index is 1.47. The van der Waals surface area contributed by atoms with Crippen LogP contribution >= 0.6 is 0 Å². The average molecular weight is 403 g/mol. The van der Waals surface area contributed by atoms with Crippen molar-refractivity contribution in [1.82, 2.24) is 4.90 Å². The Morgan fingerprint density at radius 3 is 2.31 bits per heavy atom. The van der Waals surface area contributed by atoms with Crippen LogP contribution in [0, 0.1) is 11.8 Å². The smallest absolute Gasteiger partial charge is 0.256 e. The predicted octanol–water partition coefficient (Wildman–Crippen LogP) is 4.72. The summed E-state index contributed by atoms with van der Waals surface area (Å²) >= 11 is 0. The van der Waals surface area contributed by atoms with Gasteiger partial charge in [0, 0.05) is 18.8 Å². The van der Waals surface area contributed by atoms with E-state index in [2.05, 4.69) is 24.1 Å². The number of carbonyl (C=O) groups excluding carboxylic acids is 1. The quantitative estimate of drug-likeness (QED) is 0.683. The molecule has 0 aromatic heterocycles. The van der Waals surface area contributed by atoms with Crippen LogP contribution in [-0.4, -0.2) is 49.3 Å². The Bertz CT molecular complexity index is 630. The van der Waals surface area contributed by atoms with Crippen LogP contribution in [-0.2, 0) is 9.53 Å². The second-order valence-electron chi connectivity index (χ2n) is 8.96. The van der Waals surface area contributed by atoms with Crippen LogP contribution in [0.4, 0.5) is 5.69 Å². The van der Waals surface area contributed by atoms with E-state index in [0.29, 0.717) is 19.1 Å². The SMILES string of the molecule is CCOC1(C(=O)Nc2ccc(OCCN3CCC(C)CC3)cc2)CCC(C)CC1. The molecule has 5 nitrogen and oxygen atoms in total. The molecular formula is C24H38N2O3. The number of nitrogens with one attached hydrogen (secondary N) is 1. The van der Waals surface area contributed by atoms with E-state index in [-0.39, 0.29) is 5.91 Å². The summed E-state index contributed by atoms with van der Waals surface area (Å²) in [5.74, 6) is 2.36. The topological polar surface area (TPSA) is 50.8 Å². The van der Waals surface area contributed by atoms with Crippen LogP contribution in [0.5, 0.6) is 5.75 Å². The molecule has 162 valence electrons. The molecule has 2 aliphatic rings. The van der Waals surface area contributed by atoms with Crippen molar-refractivity contribution in [3.63, 3.8) is 0 Å². The summed E-state index contributed by atoms with van der Waals surface area (Å²) in [6, 6.07) is 7.70. The lowest BCUT2D eigenvalue weighted by atomic mass is 9.78. The van der Waals surface area contributed by atoms with Crippen molar-refractivity contribution in [3.8, 4) is 5.75 Å². The molecule has 0 unspecified atom stereocenters. The molecule has 2 fully saturated rings. The Morgan fingerprint density at radius 2 is 1.69 bits per heavy atom. The Hall–Kier alpha value is -1.59. The summed E-state index contributed by atoms with van der Waals surface area (Å²) in [5.41, 5.74) is 0.118. The first-order chi connectivity index (χ1) is 14.0. The van der Waals surface area contributed by atoms with Crippen LogP contribution in [0.15, 0.2) is 24.3 Å². The van der Waals surface area contributed by atoms with E-state index in [1.54, 1.807) is 0 Å². The lowest BCUT2D eigenvalue weighted by Gasteiger charge is -2.37. The minimum atomic E-state index is -0.678. The van der Waals surface area contributed by atoms with Crippen molar-refractivity contribution in [1.29, 1.82) is 0 Å². The van der Waals surface area contributed by atoms with E-state index in [1.165, 1.54) is 25.9 Å². The van der Waals surface area contributed by atoms with E-state index < -0.39 is 5.60 Å². The van der Waals surface area contributed by atoms with Crippen molar-refractivity contribution in [2.45, 2.75) is 64.9 Å². The highest BCUT2D eigenvalue weighted by Gasteiger charge is 2.41. The van der Waals surface area contributed by atoms with Gasteiger partial charge in [-0.05, 0) is 94.6 Å². The van der Waals surface area contributed by atoms with Gasteiger partial charge in [0.25, 0.3) is 5.91 Å². The van der Waals surface area contributed by atoms with Crippen molar-refractivity contribution >= 4 is 11.6 Å². The van der Waals surface area contributed by atoms with Crippen molar-refractivity contribution in [2.75, 3.05) is 38.2 Å². The summed E-state index contributed by atoms with van der Waals surface area (Å²) in [5, 5.41) is 3.06. The molecule has 0 atom stereocenters. The molecule has 1 amide bonds. The first kappa shape index (κ1) is 22.1. The molecule has 1 saturated carbocycles. The molecule has 0 bridgehead atoms. The summed E-state index contributed by atoms with van der Waals surface area (Å²) in [4.78, 5) is 15.4. The van der Waals surface area contributed by atoms with Crippen molar-refractivity contribution in [2.24, 2.45) is 11.8 Å². The molecule has 29 heavy (non-hydrogen) atoms. The zero-order chi connectivity index (χ0) is 20.7. The van der Waals surface area contributed by atoms with Gasteiger partial charge in [0.15, 0.2) is 0 Å². The van der Waals surface area contributed by atoms with E-state index in [1.807, 2.05) is 31.2 Å². The Morgan fingerprint density at radius 1 is 1.07 bits per heavy atom. The zero-order valence-corrected chi connectivity index (χ0v) is 18.4. The van der Waals surface area contributed by atoms with Crippen molar-refractivity contribution in [3.05, 3.63) is 24.3 Å². The number of ether oxygens (including phenoxy) is 2. The number of amides is 1. The maximum Gasteiger partial charge on any atom is 0.256 e. The fraction of sp³-hybridized carbons (Fsp3) is 0.708. The van der Waals surface area contributed by atoms with Gasteiger partial charge in [0.2, 0.25) is 0 Å². The summed E-state index contributed by atoms with van der Waals surface area (Å²) in [7, 11) is 0. The first-order valence-corrected chi connectivity index (χ1v) is 11.4. The van der Waals surface area contributed by atoms with Crippen LogP contribution < -0.4 is 10.1 Å². The largest absolute Gasteiger partial charge is 0.492 e. The lowest BCUT2D eigenvalue weighted by Crippen LogP contribution is -2.48. The second kappa shape index (κ2) is 10.4. The molecule has 5 heteroatoms. The average Bonchev–Trinajstić information content (AvgIpc) is 2.73. The number of rotatable bonds is 8. The van der Waals surface area contributed by atoms with E-state index in [9.17, 15) is 4.79 Å². The molecule has 1 aliphatic heterocycles. The van der Waals surface area contributed by atoms with Gasteiger partial charge < -0.3 is 14.8 Å². The number of hydrogen-bond acceptors (Lipinski definition) is 4. The third-order valence-electron chi connectivity index (χ3n) is 6.58. The van der Waals surface area contributed by atoms with E-state index in [0.717, 1.165) is 49.6 Å². The minimum Gasteiger partial charge on any atom is -0.492 e. The number of hydrogen-bond donors (Lipinski definition) is 1. The van der Waals surface area contributed by atoms with Gasteiger partial charge in [0.1, 0.15) is 18.0 Å². The standard InChI is InChI=1S/C24H38N2O3/c1-4-29-24(13-9-19(2)10-14-24)23(27)25-21-5-7-22(8-6-21)28-18-17-26-15-11-20(3)12-16-26/h5-8,19-20H,4,9-18H2,1-3H3,(H,25,27). The van der Waals surface area contributed by atoms with Crippen LogP contribution in [0.2, 0.25) is 0 Å². The van der Waals surface area contributed by atoms with Crippen LogP contribution in [0.1, 0.15) is 59.3 Å². The fourth-order valence-electron chi connectivity index (χ4n) is 4.40. The summed E-state index contributed by atoms with van der Waals surface area (Å²) in [6.07, 6.45) is 6.24. The molecule has 1 saturated heterocycles. The van der Waals surface area contributed by atoms with Gasteiger partial charge in [-0.1, -0.05) is 13.8 Å². The Labute approximate surface area is 176 Å². The van der Waals surface area contributed by atoms with Gasteiger partial charge >= 0.3 is 0 Å². The maximum atomic E-state index is 13.0. The predicted molar refractivity (Wildman–Crippen MR) is 117 cm³/mol. The monoisotopic (exact) mass is 402 g/mol. The molecular weight excluding hydrogens is 364 g/mol. The fourth-order valence-corrected chi connectivity index (χ4v) is 4.40. The number of anilines is 1. The van der Waals surface area contributed by atoms with Crippen LogP contribution in [0.25, 0.3) is 0 Å². The molecule has 3 rings (SSSR count).